The molecular weight excluding hydrogens is 220 g/mol. The summed E-state index contributed by atoms with van der Waals surface area (Å²) in [5, 5.41) is 13.8. The molecule has 0 aliphatic heterocycles. The molecule has 0 saturated heterocycles. The first kappa shape index (κ1) is 13.6. The summed E-state index contributed by atoms with van der Waals surface area (Å²) >= 11 is 1.75. The average Bonchev–Trinajstić information content (AvgIpc) is 2.75. The number of nitrogens with zero attached hydrogens (tertiary/aromatic N) is 1. The fourth-order valence-corrected chi connectivity index (χ4v) is 2.12. The van der Waals surface area contributed by atoms with E-state index in [1.54, 1.807) is 11.3 Å². The molecule has 0 spiro atoms. The quantitative estimate of drug-likeness (QED) is 0.805. The number of nitrogens with one attached hydrogen (secondary N) is 1. The number of aliphatic hydroxyl groups is 1. The van der Waals surface area contributed by atoms with Crippen LogP contribution in [-0.4, -0.2) is 22.2 Å². The van der Waals surface area contributed by atoms with Crippen LogP contribution in [0.5, 0.6) is 0 Å². The van der Waals surface area contributed by atoms with Gasteiger partial charge in [-0.25, -0.2) is 4.98 Å². The lowest BCUT2D eigenvalue weighted by Gasteiger charge is -2.26. The number of aliphatic hydroxyl groups excluding tert-OH is 1. The van der Waals surface area contributed by atoms with Crippen LogP contribution in [0, 0.1) is 0 Å². The molecule has 0 saturated carbocycles. The predicted molar refractivity (Wildman–Crippen MR) is 68.8 cm³/mol. The Labute approximate surface area is 102 Å². The van der Waals surface area contributed by atoms with E-state index in [1.165, 1.54) is 9.88 Å². The van der Waals surface area contributed by atoms with E-state index in [2.05, 4.69) is 31.1 Å². The molecule has 3 nitrogen and oxygen atoms in total. The monoisotopic (exact) mass is 242 g/mol. The van der Waals surface area contributed by atoms with Gasteiger partial charge >= 0.3 is 0 Å². The van der Waals surface area contributed by atoms with Crippen LogP contribution in [-0.2, 0) is 6.54 Å². The van der Waals surface area contributed by atoms with E-state index in [9.17, 15) is 5.11 Å². The molecule has 1 rings (SSSR count). The Hall–Kier alpha value is -0.450. The Morgan fingerprint density at radius 2 is 2.25 bits per heavy atom. The fourth-order valence-electron chi connectivity index (χ4n) is 1.26. The van der Waals surface area contributed by atoms with Crippen LogP contribution in [0.1, 0.15) is 49.9 Å². The van der Waals surface area contributed by atoms with E-state index >= 15 is 0 Å². The van der Waals surface area contributed by atoms with Gasteiger partial charge in [0.25, 0.3) is 0 Å². The lowest BCUT2D eigenvalue weighted by atomic mass is 10.0. The van der Waals surface area contributed by atoms with E-state index in [0.717, 1.165) is 13.0 Å². The van der Waals surface area contributed by atoms with Gasteiger partial charge in [-0.1, -0.05) is 20.8 Å². The summed E-state index contributed by atoms with van der Waals surface area (Å²) in [6.07, 6.45) is 2.85. The van der Waals surface area contributed by atoms with Crippen LogP contribution < -0.4 is 5.32 Å². The summed E-state index contributed by atoms with van der Waals surface area (Å²) in [6, 6.07) is 0. The molecule has 0 fully saturated rings. The second-order valence-electron chi connectivity index (χ2n) is 4.75. The molecule has 0 aromatic carbocycles. The molecule has 92 valence electrons. The minimum absolute atomic E-state index is 0.166. The second-order valence-corrected chi connectivity index (χ2v) is 5.89. The highest BCUT2D eigenvalue weighted by Crippen LogP contribution is 2.21. The Balaban J connectivity index is 2.54. The largest absolute Gasteiger partial charge is 0.394 e. The summed E-state index contributed by atoms with van der Waals surface area (Å²) in [5.74, 6) is 0.495. The highest BCUT2D eigenvalue weighted by atomic mass is 32.1. The maximum Gasteiger partial charge on any atom is 0.0953 e. The molecule has 1 heterocycles. The topological polar surface area (TPSA) is 45.1 Å². The lowest BCUT2D eigenvalue weighted by Crippen LogP contribution is -2.44. The van der Waals surface area contributed by atoms with Crippen molar-refractivity contribution in [3.05, 3.63) is 16.1 Å². The van der Waals surface area contributed by atoms with E-state index in [0.29, 0.717) is 5.92 Å². The molecule has 0 radical (unpaired) electrons. The Morgan fingerprint density at radius 1 is 1.56 bits per heavy atom. The first-order chi connectivity index (χ1) is 7.50. The highest BCUT2D eigenvalue weighted by molar-refractivity contribution is 7.11. The minimum Gasteiger partial charge on any atom is -0.394 e. The molecular formula is C12H22N2OS. The van der Waals surface area contributed by atoms with Crippen LogP contribution in [0.25, 0.3) is 0 Å². The third kappa shape index (κ3) is 3.54. The first-order valence-electron chi connectivity index (χ1n) is 5.81. The van der Waals surface area contributed by atoms with Crippen LogP contribution >= 0.6 is 11.3 Å². The van der Waals surface area contributed by atoms with Crippen LogP contribution in [0.4, 0.5) is 0 Å². The summed E-state index contributed by atoms with van der Waals surface area (Å²) in [7, 11) is 0. The maximum absolute atomic E-state index is 9.28. The van der Waals surface area contributed by atoms with Crippen molar-refractivity contribution in [1.29, 1.82) is 0 Å². The standard InChI is InChI=1S/C12H22N2OS/c1-5-12(4,8-15)14-7-10-6-13-11(16-10)9(2)3/h6,9,14-15H,5,7-8H2,1-4H3. The van der Waals surface area contributed by atoms with E-state index in [4.69, 9.17) is 0 Å². The predicted octanol–water partition coefficient (Wildman–Crippen LogP) is 2.52. The summed E-state index contributed by atoms with van der Waals surface area (Å²) in [6.45, 7) is 9.38. The number of rotatable bonds is 6. The van der Waals surface area contributed by atoms with Gasteiger partial charge in [-0.05, 0) is 13.3 Å². The van der Waals surface area contributed by atoms with Gasteiger partial charge < -0.3 is 10.4 Å². The van der Waals surface area contributed by atoms with Crippen LogP contribution in [0.2, 0.25) is 0 Å². The molecule has 0 aliphatic carbocycles. The maximum atomic E-state index is 9.28. The van der Waals surface area contributed by atoms with Crippen molar-refractivity contribution in [3.8, 4) is 0 Å². The zero-order valence-corrected chi connectivity index (χ0v) is 11.4. The molecule has 0 amide bonds. The van der Waals surface area contributed by atoms with Gasteiger partial charge in [-0.2, -0.15) is 0 Å². The first-order valence-corrected chi connectivity index (χ1v) is 6.63. The molecule has 0 aliphatic rings. The average molecular weight is 242 g/mol. The normalized spacial score (nSPS) is 15.4. The Bertz CT molecular complexity index is 319. The minimum atomic E-state index is -0.179. The summed E-state index contributed by atoms with van der Waals surface area (Å²) in [4.78, 5) is 5.62. The number of aromatic nitrogens is 1. The summed E-state index contributed by atoms with van der Waals surface area (Å²) < 4.78 is 0. The fraction of sp³-hybridized carbons (Fsp3) is 0.750. The number of hydrogen-bond donors (Lipinski definition) is 2. The summed E-state index contributed by atoms with van der Waals surface area (Å²) in [5.41, 5.74) is -0.179. The zero-order chi connectivity index (χ0) is 12.2. The van der Waals surface area contributed by atoms with Crippen molar-refractivity contribution < 1.29 is 5.11 Å². The van der Waals surface area contributed by atoms with E-state index in [1.807, 2.05) is 13.1 Å². The SMILES string of the molecule is CCC(C)(CO)NCc1cnc(C(C)C)s1. The molecule has 1 aromatic heterocycles. The Kier molecular flexibility index (Phi) is 4.89. The van der Waals surface area contributed by atoms with Gasteiger partial charge in [0.05, 0.1) is 11.6 Å². The second kappa shape index (κ2) is 5.75. The van der Waals surface area contributed by atoms with E-state index in [-0.39, 0.29) is 12.1 Å². The van der Waals surface area contributed by atoms with Crippen LogP contribution in [0.15, 0.2) is 6.20 Å². The van der Waals surface area contributed by atoms with Gasteiger partial charge in [0.2, 0.25) is 0 Å². The number of hydrogen-bond acceptors (Lipinski definition) is 4. The van der Waals surface area contributed by atoms with E-state index < -0.39 is 0 Å². The third-order valence-corrected chi connectivity index (χ3v) is 4.18. The van der Waals surface area contributed by atoms with Gasteiger partial charge in [0, 0.05) is 29.1 Å². The molecule has 1 atom stereocenters. The molecule has 1 unspecified atom stereocenters. The lowest BCUT2D eigenvalue weighted by molar-refractivity contribution is 0.169. The Morgan fingerprint density at radius 3 is 2.69 bits per heavy atom. The number of thiazole rings is 1. The van der Waals surface area contributed by atoms with Crippen molar-refractivity contribution in [1.82, 2.24) is 10.3 Å². The van der Waals surface area contributed by atoms with Gasteiger partial charge in [-0.3, -0.25) is 0 Å². The highest BCUT2D eigenvalue weighted by Gasteiger charge is 2.20. The molecule has 16 heavy (non-hydrogen) atoms. The smallest absolute Gasteiger partial charge is 0.0953 e. The molecule has 1 aromatic rings. The molecule has 0 bridgehead atoms. The van der Waals surface area contributed by atoms with Crippen LogP contribution in [0.3, 0.4) is 0 Å². The van der Waals surface area contributed by atoms with Crippen molar-refractivity contribution >= 4 is 11.3 Å². The van der Waals surface area contributed by atoms with Gasteiger partial charge in [0.15, 0.2) is 0 Å². The molecule has 4 heteroatoms. The van der Waals surface area contributed by atoms with Gasteiger partial charge in [0.1, 0.15) is 0 Å². The van der Waals surface area contributed by atoms with Crippen molar-refractivity contribution in [2.24, 2.45) is 0 Å². The zero-order valence-electron chi connectivity index (χ0n) is 10.6. The molecule has 2 N–H and O–H groups in total. The van der Waals surface area contributed by atoms with Crippen molar-refractivity contribution in [3.63, 3.8) is 0 Å². The third-order valence-electron chi connectivity index (χ3n) is 2.88. The van der Waals surface area contributed by atoms with Crippen molar-refractivity contribution in [2.45, 2.75) is 52.1 Å². The van der Waals surface area contributed by atoms with Crippen molar-refractivity contribution in [2.75, 3.05) is 6.61 Å². The van der Waals surface area contributed by atoms with Gasteiger partial charge in [-0.15, -0.1) is 11.3 Å².